The van der Waals surface area contributed by atoms with Gasteiger partial charge in [-0.2, -0.15) is 5.26 Å². The number of thioether (sulfide) groups is 1. The van der Waals surface area contributed by atoms with Gasteiger partial charge < -0.3 is 9.88 Å². The van der Waals surface area contributed by atoms with Crippen LogP contribution in [0.1, 0.15) is 23.9 Å². The van der Waals surface area contributed by atoms with Crippen molar-refractivity contribution in [2.45, 2.75) is 23.8 Å². The largest absolute Gasteiger partial charge is 0.316 e. The smallest absolute Gasteiger partial charge is 0.238 e. The summed E-state index contributed by atoms with van der Waals surface area (Å²) in [4.78, 5) is 12.4. The fourth-order valence-corrected chi connectivity index (χ4v) is 3.87. The summed E-state index contributed by atoms with van der Waals surface area (Å²) >= 11 is 2.68. The molecule has 2 heterocycles. The molecule has 1 atom stereocenters. The quantitative estimate of drug-likeness (QED) is 0.659. The van der Waals surface area contributed by atoms with Gasteiger partial charge in [0.15, 0.2) is 5.16 Å². The van der Waals surface area contributed by atoms with E-state index in [0.29, 0.717) is 22.1 Å². The van der Waals surface area contributed by atoms with Crippen LogP contribution in [-0.4, -0.2) is 25.9 Å². The van der Waals surface area contributed by atoms with Gasteiger partial charge in [0.05, 0.1) is 10.8 Å². The molecule has 1 amide bonds. The van der Waals surface area contributed by atoms with Gasteiger partial charge >= 0.3 is 0 Å². The Morgan fingerprint density at radius 2 is 2.12 bits per heavy atom. The van der Waals surface area contributed by atoms with Crippen molar-refractivity contribution in [3.8, 4) is 6.07 Å². The summed E-state index contributed by atoms with van der Waals surface area (Å²) in [6.45, 7) is 1.81. The Morgan fingerprint density at radius 1 is 1.35 bits per heavy atom. The van der Waals surface area contributed by atoms with Gasteiger partial charge in [-0.25, -0.2) is 0 Å². The van der Waals surface area contributed by atoms with Crippen molar-refractivity contribution < 1.29 is 4.79 Å². The third-order valence-corrected chi connectivity index (χ3v) is 5.77. The molecule has 3 aromatic rings. The van der Waals surface area contributed by atoms with Crippen molar-refractivity contribution in [2.75, 3.05) is 5.32 Å². The Kier molecular flexibility index (Phi) is 5.71. The van der Waals surface area contributed by atoms with Gasteiger partial charge in [0.2, 0.25) is 5.91 Å². The molecule has 0 fully saturated rings. The van der Waals surface area contributed by atoms with E-state index in [4.69, 9.17) is 5.26 Å². The lowest BCUT2D eigenvalue weighted by molar-refractivity contribution is -0.115. The van der Waals surface area contributed by atoms with Crippen LogP contribution in [0.15, 0.2) is 46.9 Å². The highest BCUT2D eigenvalue weighted by molar-refractivity contribution is 8.00. The highest BCUT2D eigenvalue weighted by Crippen LogP contribution is 2.26. The predicted molar refractivity (Wildman–Crippen MR) is 103 cm³/mol. The average Bonchev–Trinajstić information content (AvgIpc) is 3.23. The van der Waals surface area contributed by atoms with Crippen molar-refractivity contribution in [1.29, 1.82) is 5.26 Å². The Morgan fingerprint density at radius 3 is 2.85 bits per heavy atom. The first-order valence-electron chi connectivity index (χ1n) is 7.95. The monoisotopic (exact) mass is 383 g/mol. The Labute approximate surface area is 159 Å². The second-order valence-corrected chi connectivity index (χ2v) is 7.87. The summed E-state index contributed by atoms with van der Waals surface area (Å²) in [5.74, 6) is 0.679. The van der Waals surface area contributed by atoms with Crippen molar-refractivity contribution in [1.82, 2.24) is 14.8 Å². The summed E-state index contributed by atoms with van der Waals surface area (Å²) in [5, 5.41) is 23.0. The number of nitrogens with zero attached hydrogens (tertiary/aromatic N) is 4. The molecule has 8 heteroatoms. The first-order chi connectivity index (χ1) is 12.6. The van der Waals surface area contributed by atoms with E-state index in [9.17, 15) is 4.79 Å². The van der Waals surface area contributed by atoms with Gasteiger partial charge in [-0.3, -0.25) is 4.79 Å². The number of carbonyl (C=O) groups excluding carboxylic acids is 1. The van der Waals surface area contributed by atoms with Crippen LogP contribution >= 0.6 is 23.1 Å². The van der Waals surface area contributed by atoms with E-state index < -0.39 is 0 Å². The van der Waals surface area contributed by atoms with E-state index in [2.05, 4.69) is 21.6 Å². The first kappa shape index (κ1) is 18.2. The number of thiophene rings is 1. The highest BCUT2D eigenvalue weighted by atomic mass is 32.2. The molecule has 0 bridgehead atoms. The zero-order valence-corrected chi connectivity index (χ0v) is 16.0. The van der Waals surface area contributed by atoms with Crippen molar-refractivity contribution in [2.24, 2.45) is 7.05 Å². The molecule has 0 spiro atoms. The molecule has 0 aliphatic carbocycles. The number of anilines is 1. The summed E-state index contributed by atoms with van der Waals surface area (Å²) in [6, 6.07) is 13.8. The second kappa shape index (κ2) is 8.17. The standard InChI is InChI=1S/C18H17N5OS2/c1-12(16(24)20-17-14(11-19)8-9-25-17)26-18-22-21-15(23(18)2)10-13-6-4-3-5-7-13/h3-9,12H,10H2,1-2H3,(H,20,24)/t12-/m0/s1. The number of nitrogens with one attached hydrogen (secondary N) is 1. The van der Waals surface area contributed by atoms with Crippen molar-refractivity contribution in [3.63, 3.8) is 0 Å². The normalized spacial score (nSPS) is 11.7. The zero-order valence-electron chi connectivity index (χ0n) is 14.3. The number of carbonyl (C=O) groups is 1. The second-order valence-electron chi connectivity index (χ2n) is 5.64. The minimum absolute atomic E-state index is 0.165. The third kappa shape index (κ3) is 4.12. The van der Waals surface area contributed by atoms with Crippen LogP contribution in [0.25, 0.3) is 0 Å². The van der Waals surface area contributed by atoms with Gasteiger partial charge in [-0.05, 0) is 23.9 Å². The molecule has 132 valence electrons. The first-order valence-corrected chi connectivity index (χ1v) is 9.71. The molecule has 0 saturated carbocycles. The highest BCUT2D eigenvalue weighted by Gasteiger charge is 2.20. The molecule has 0 unspecified atom stereocenters. The molecule has 0 aliphatic rings. The van der Waals surface area contributed by atoms with Gasteiger partial charge in [0, 0.05) is 13.5 Å². The van der Waals surface area contributed by atoms with Crippen LogP contribution in [0, 0.1) is 11.3 Å². The summed E-state index contributed by atoms with van der Waals surface area (Å²) in [5.41, 5.74) is 1.64. The molecule has 0 radical (unpaired) electrons. The van der Waals surface area contributed by atoms with Gasteiger partial charge in [-0.15, -0.1) is 21.5 Å². The van der Waals surface area contributed by atoms with Crippen LogP contribution < -0.4 is 5.32 Å². The van der Waals surface area contributed by atoms with Gasteiger partial charge in [-0.1, -0.05) is 42.1 Å². The minimum Gasteiger partial charge on any atom is -0.316 e. The number of aromatic nitrogens is 3. The fraction of sp³-hybridized carbons (Fsp3) is 0.222. The Hall–Kier alpha value is -2.63. The summed E-state index contributed by atoms with van der Waals surface area (Å²) in [7, 11) is 1.90. The van der Waals surface area contributed by atoms with Crippen LogP contribution in [0.4, 0.5) is 5.00 Å². The molecule has 26 heavy (non-hydrogen) atoms. The van der Waals surface area contributed by atoms with Gasteiger partial charge in [0.25, 0.3) is 0 Å². The molecule has 1 N–H and O–H groups in total. The number of hydrogen-bond donors (Lipinski definition) is 1. The maximum absolute atomic E-state index is 12.4. The molecular weight excluding hydrogens is 366 g/mol. The maximum atomic E-state index is 12.4. The molecule has 3 rings (SSSR count). The van der Waals surface area contributed by atoms with Crippen LogP contribution in [-0.2, 0) is 18.3 Å². The molecule has 0 saturated heterocycles. The van der Waals surface area contributed by atoms with E-state index in [-0.39, 0.29) is 11.2 Å². The molecule has 6 nitrogen and oxygen atoms in total. The predicted octanol–water partition coefficient (Wildman–Crippen LogP) is 3.46. The number of amides is 1. The number of benzene rings is 1. The van der Waals surface area contributed by atoms with Crippen LogP contribution in [0.3, 0.4) is 0 Å². The lowest BCUT2D eigenvalue weighted by Gasteiger charge is -2.11. The van der Waals surface area contributed by atoms with E-state index in [1.807, 2.05) is 48.9 Å². The average molecular weight is 384 g/mol. The SMILES string of the molecule is C[C@H](Sc1nnc(Cc2ccccc2)n1C)C(=O)Nc1sccc1C#N. The number of rotatable bonds is 6. The topological polar surface area (TPSA) is 83.6 Å². The van der Waals surface area contributed by atoms with Crippen molar-refractivity contribution >= 4 is 34.0 Å². The fourth-order valence-electron chi connectivity index (χ4n) is 2.30. The lowest BCUT2D eigenvalue weighted by atomic mass is 10.1. The van der Waals surface area contributed by atoms with Crippen molar-refractivity contribution in [3.05, 3.63) is 58.7 Å². The van der Waals surface area contributed by atoms with Crippen LogP contribution in [0.5, 0.6) is 0 Å². The maximum Gasteiger partial charge on any atom is 0.238 e. The van der Waals surface area contributed by atoms with E-state index in [1.165, 1.54) is 23.1 Å². The lowest BCUT2D eigenvalue weighted by Crippen LogP contribution is -2.22. The van der Waals surface area contributed by atoms with Gasteiger partial charge in [0.1, 0.15) is 16.9 Å². The van der Waals surface area contributed by atoms with E-state index >= 15 is 0 Å². The molecule has 0 aliphatic heterocycles. The molecular formula is C18H17N5OS2. The van der Waals surface area contributed by atoms with E-state index in [0.717, 1.165) is 11.4 Å². The minimum atomic E-state index is -0.365. The summed E-state index contributed by atoms with van der Waals surface area (Å²) < 4.78 is 1.91. The summed E-state index contributed by atoms with van der Waals surface area (Å²) in [6.07, 6.45) is 0.687. The Bertz CT molecular complexity index is 942. The molecule has 2 aromatic heterocycles. The van der Waals surface area contributed by atoms with E-state index in [1.54, 1.807) is 11.4 Å². The third-order valence-electron chi connectivity index (χ3n) is 3.80. The Balaban J connectivity index is 1.65. The molecule has 1 aromatic carbocycles. The van der Waals surface area contributed by atoms with Crippen LogP contribution in [0.2, 0.25) is 0 Å². The zero-order chi connectivity index (χ0) is 18.5. The number of nitriles is 1. The number of hydrogen-bond acceptors (Lipinski definition) is 6.